The summed E-state index contributed by atoms with van der Waals surface area (Å²) in [5, 5.41) is 20.9. The van der Waals surface area contributed by atoms with Crippen molar-refractivity contribution in [1.82, 2.24) is 10.0 Å². The van der Waals surface area contributed by atoms with Crippen molar-refractivity contribution in [2.45, 2.75) is 59.2 Å². The fourth-order valence-electron chi connectivity index (χ4n) is 2.89. The molecule has 1 N–H and O–H groups in total. The normalized spacial score (nSPS) is 16.2. The van der Waals surface area contributed by atoms with Crippen LogP contribution in [0.4, 0.5) is 5.69 Å². The van der Waals surface area contributed by atoms with Crippen molar-refractivity contribution in [2.75, 3.05) is 26.0 Å². The van der Waals surface area contributed by atoms with Gasteiger partial charge in [0, 0.05) is 45.4 Å². The Hall–Kier alpha value is -2.08. The van der Waals surface area contributed by atoms with Crippen LogP contribution >= 0.6 is 11.6 Å². The number of allylic oxidation sites excluding steroid dienone is 1. The fraction of sp³-hybridized carbons (Fsp3) is 0.591. The maximum absolute atomic E-state index is 6.31. The summed E-state index contributed by atoms with van der Waals surface area (Å²) in [6.45, 7) is 14.9. The van der Waals surface area contributed by atoms with Gasteiger partial charge in [-0.25, -0.2) is 0 Å². The minimum Gasteiger partial charge on any atom is -0.377 e. The molecule has 1 rings (SSSR count). The van der Waals surface area contributed by atoms with Crippen LogP contribution in [0.15, 0.2) is 51.4 Å². The minimum absolute atomic E-state index is 0.0889. The van der Waals surface area contributed by atoms with Gasteiger partial charge >= 0.3 is 0 Å². The molecule has 0 heterocycles. The largest absolute Gasteiger partial charge is 0.377 e. The van der Waals surface area contributed by atoms with Crippen LogP contribution in [0.25, 0.3) is 0 Å². The summed E-state index contributed by atoms with van der Waals surface area (Å²) in [5.41, 5.74) is 2.21. The van der Waals surface area contributed by atoms with Crippen molar-refractivity contribution in [3.8, 4) is 0 Å². The van der Waals surface area contributed by atoms with E-state index >= 15 is 0 Å². The second-order valence-corrected chi connectivity index (χ2v) is 8.05. The summed E-state index contributed by atoms with van der Waals surface area (Å²) >= 11 is 6.31. The quantitative estimate of drug-likeness (QED) is 0.203. The van der Waals surface area contributed by atoms with Crippen molar-refractivity contribution < 1.29 is 0 Å². The molecule has 7 heteroatoms. The Morgan fingerprint density at radius 2 is 1.90 bits per heavy atom. The van der Waals surface area contributed by atoms with Crippen LogP contribution in [0.5, 0.6) is 0 Å². The molecule has 1 aromatic rings. The molecule has 29 heavy (non-hydrogen) atoms. The molecule has 0 bridgehead atoms. The monoisotopic (exact) mass is 420 g/mol. The van der Waals surface area contributed by atoms with Gasteiger partial charge in [-0.2, -0.15) is 10.2 Å². The number of para-hydroxylation sites is 1. The van der Waals surface area contributed by atoms with Crippen LogP contribution in [-0.4, -0.2) is 55.5 Å². The van der Waals surface area contributed by atoms with E-state index in [-0.39, 0.29) is 18.1 Å². The zero-order chi connectivity index (χ0) is 22.0. The predicted octanol–water partition coefficient (Wildman–Crippen LogP) is 5.74. The Labute approximate surface area is 181 Å². The van der Waals surface area contributed by atoms with Crippen molar-refractivity contribution in [2.24, 2.45) is 21.4 Å². The lowest BCUT2D eigenvalue weighted by atomic mass is 9.96. The molecule has 162 valence electrons. The molecule has 0 amide bonds. The number of anilines is 1. The van der Waals surface area contributed by atoms with Gasteiger partial charge < -0.3 is 5.32 Å². The van der Waals surface area contributed by atoms with Gasteiger partial charge in [-0.1, -0.05) is 47.5 Å². The van der Waals surface area contributed by atoms with Gasteiger partial charge in [-0.15, -0.1) is 0 Å². The number of benzene rings is 1. The SMILES string of the molecule is C=NN(C)C(C)[C@@H](C)[C@H](C)/N=N\N(C)CCC(Nc1ccccc1Cl)/C(C)=C/C. The molecule has 0 saturated heterocycles. The van der Waals surface area contributed by atoms with Crippen LogP contribution < -0.4 is 5.32 Å². The lowest BCUT2D eigenvalue weighted by molar-refractivity contribution is 0.186. The third kappa shape index (κ3) is 8.05. The molecule has 0 radical (unpaired) electrons. The van der Waals surface area contributed by atoms with E-state index < -0.39 is 0 Å². The molecular formula is C22H37ClN6. The molecule has 0 aromatic heterocycles. The van der Waals surface area contributed by atoms with E-state index in [0.29, 0.717) is 5.92 Å². The maximum atomic E-state index is 6.31. The van der Waals surface area contributed by atoms with Crippen LogP contribution in [0, 0.1) is 5.92 Å². The van der Waals surface area contributed by atoms with Crippen LogP contribution in [0.1, 0.15) is 41.0 Å². The first-order valence-corrected chi connectivity index (χ1v) is 10.5. The highest BCUT2D eigenvalue weighted by molar-refractivity contribution is 6.33. The zero-order valence-corrected chi connectivity index (χ0v) is 19.7. The Kier molecular flexibility index (Phi) is 10.7. The third-order valence-electron chi connectivity index (χ3n) is 5.67. The Morgan fingerprint density at radius 1 is 1.24 bits per heavy atom. The van der Waals surface area contributed by atoms with Gasteiger partial charge in [-0.3, -0.25) is 10.0 Å². The topological polar surface area (TPSA) is 55.6 Å². The number of hydrogen-bond donors (Lipinski definition) is 1. The first-order chi connectivity index (χ1) is 13.7. The van der Waals surface area contributed by atoms with E-state index in [1.807, 2.05) is 48.4 Å². The molecule has 4 atom stereocenters. The number of nitrogens with one attached hydrogen (secondary N) is 1. The lowest BCUT2D eigenvalue weighted by Crippen LogP contribution is -2.35. The standard InChI is InChI=1S/C22H37ClN6/c1-9-16(2)21(25-22-13-11-10-12-20(22)23)14-15-28(7)27-26-18(4)17(3)19(5)29(8)24-6/h9-13,17-19,21,25H,6,14-15H2,1-5,7-8H3/b16-9+,27-26-/t17-,18-,19?,21?/m0/s1. The van der Waals surface area contributed by atoms with Crippen LogP contribution in [0.3, 0.4) is 0 Å². The minimum atomic E-state index is 0.0889. The molecule has 0 spiro atoms. The van der Waals surface area contributed by atoms with E-state index in [0.717, 1.165) is 23.7 Å². The number of nitrogens with zero attached hydrogens (tertiary/aromatic N) is 5. The van der Waals surface area contributed by atoms with Crippen molar-refractivity contribution in [3.63, 3.8) is 0 Å². The summed E-state index contributed by atoms with van der Waals surface area (Å²) in [6, 6.07) is 8.33. The van der Waals surface area contributed by atoms with E-state index in [2.05, 4.69) is 68.2 Å². The molecule has 0 aliphatic carbocycles. The molecule has 0 fully saturated rings. The number of halogens is 1. The maximum Gasteiger partial charge on any atom is 0.0747 e. The van der Waals surface area contributed by atoms with Crippen molar-refractivity contribution >= 4 is 24.0 Å². The molecular weight excluding hydrogens is 384 g/mol. The van der Waals surface area contributed by atoms with Crippen LogP contribution in [0.2, 0.25) is 5.02 Å². The molecule has 6 nitrogen and oxygen atoms in total. The summed E-state index contributed by atoms with van der Waals surface area (Å²) < 4.78 is 0. The van der Waals surface area contributed by atoms with Gasteiger partial charge in [0.05, 0.1) is 16.8 Å². The van der Waals surface area contributed by atoms with Crippen molar-refractivity contribution in [1.29, 1.82) is 0 Å². The Balaban J connectivity index is 2.66. The predicted molar refractivity (Wildman–Crippen MR) is 126 cm³/mol. The number of hydrazone groups is 1. The van der Waals surface area contributed by atoms with Crippen molar-refractivity contribution in [3.05, 3.63) is 40.9 Å². The molecule has 0 saturated carbocycles. The highest BCUT2D eigenvalue weighted by Gasteiger charge is 2.22. The highest BCUT2D eigenvalue weighted by Crippen LogP contribution is 2.24. The Morgan fingerprint density at radius 3 is 2.48 bits per heavy atom. The van der Waals surface area contributed by atoms with E-state index in [4.69, 9.17) is 11.6 Å². The molecule has 2 unspecified atom stereocenters. The average Bonchev–Trinajstić information content (AvgIpc) is 2.73. The highest BCUT2D eigenvalue weighted by atomic mass is 35.5. The second-order valence-electron chi connectivity index (χ2n) is 7.64. The lowest BCUT2D eigenvalue weighted by Gasteiger charge is -2.29. The van der Waals surface area contributed by atoms with Gasteiger partial charge in [0.25, 0.3) is 0 Å². The number of hydrogen-bond acceptors (Lipinski definition) is 5. The molecule has 0 aliphatic heterocycles. The van der Waals surface area contributed by atoms with Gasteiger partial charge in [0.1, 0.15) is 0 Å². The van der Waals surface area contributed by atoms with Gasteiger partial charge in [0.2, 0.25) is 0 Å². The first-order valence-electron chi connectivity index (χ1n) is 10.2. The second kappa shape index (κ2) is 12.5. The number of rotatable bonds is 12. The smallest absolute Gasteiger partial charge is 0.0747 e. The van der Waals surface area contributed by atoms with Gasteiger partial charge in [-0.05, 0) is 46.2 Å². The van der Waals surface area contributed by atoms with Crippen LogP contribution in [-0.2, 0) is 0 Å². The summed E-state index contributed by atoms with van der Waals surface area (Å²) in [4.78, 5) is 0. The average molecular weight is 421 g/mol. The van der Waals surface area contributed by atoms with E-state index in [1.54, 1.807) is 0 Å². The molecule has 0 aliphatic rings. The van der Waals surface area contributed by atoms with E-state index in [9.17, 15) is 0 Å². The fourth-order valence-corrected chi connectivity index (χ4v) is 3.08. The Bertz CT molecular complexity index is 690. The van der Waals surface area contributed by atoms with Gasteiger partial charge in [0.15, 0.2) is 0 Å². The summed E-state index contributed by atoms with van der Waals surface area (Å²) in [6.07, 6.45) is 3.02. The summed E-state index contributed by atoms with van der Waals surface area (Å²) in [5.74, 6) is 0.308. The van der Waals surface area contributed by atoms with E-state index in [1.165, 1.54) is 5.57 Å². The molecule has 1 aromatic carbocycles. The summed E-state index contributed by atoms with van der Waals surface area (Å²) in [7, 11) is 3.89. The third-order valence-corrected chi connectivity index (χ3v) is 6.00. The first kappa shape index (κ1) is 25.0. The zero-order valence-electron chi connectivity index (χ0n) is 18.9.